The van der Waals surface area contributed by atoms with Crippen LogP contribution in [0.15, 0.2) is 10.7 Å². The number of ether oxygens (including phenoxy) is 1. The van der Waals surface area contributed by atoms with Crippen molar-refractivity contribution in [2.75, 3.05) is 6.61 Å². The van der Waals surface area contributed by atoms with Gasteiger partial charge in [0, 0.05) is 12.5 Å². The fourth-order valence-corrected chi connectivity index (χ4v) is 1.96. The van der Waals surface area contributed by atoms with Crippen LogP contribution in [0.25, 0.3) is 0 Å². The highest BCUT2D eigenvalue weighted by Crippen LogP contribution is 2.39. The van der Waals surface area contributed by atoms with Crippen LogP contribution >= 0.6 is 0 Å². The Bertz CT molecular complexity index is 489. The maximum atomic E-state index is 11.7. The Balaban J connectivity index is 1.50. The SMILES string of the molecule is O=C(NNC(=O)[C@H]1CCCO1)c1coc(C2CC2)n1. The van der Waals surface area contributed by atoms with Crippen molar-refractivity contribution in [3.8, 4) is 0 Å². The third-order valence-corrected chi connectivity index (χ3v) is 3.20. The number of hydrogen-bond acceptors (Lipinski definition) is 5. The first-order valence-corrected chi connectivity index (χ1v) is 6.41. The lowest BCUT2D eigenvalue weighted by atomic mass is 10.2. The van der Waals surface area contributed by atoms with Gasteiger partial charge in [0.25, 0.3) is 11.8 Å². The smallest absolute Gasteiger partial charge is 0.291 e. The van der Waals surface area contributed by atoms with Gasteiger partial charge in [0.1, 0.15) is 12.4 Å². The van der Waals surface area contributed by atoms with E-state index in [1.165, 1.54) is 6.26 Å². The second-order valence-electron chi connectivity index (χ2n) is 4.79. The summed E-state index contributed by atoms with van der Waals surface area (Å²) < 4.78 is 10.4. The molecule has 1 aromatic rings. The fraction of sp³-hybridized carbons (Fsp3) is 0.583. The topological polar surface area (TPSA) is 93.5 Å². The first kappa shape index (κ1) is 12.2. The predicted molar refractivity (Wildman–Crippen MR) is 63.1 cm³/mol. The molecule has 2 aliphatic rings. The highest BCUT2D eigenvalue weighted by atomic mass is 16.5. The molecule has 2 N–H and O–H groups in total. The molecule has 2 fully saturated rings. The van der Waals surface area contributed by atoms with Gasteiger partial charge in [-0.05, 0) is 25.7 Å². The first-order chi connectivity index (χ1) is 9.24. The molecule has 2 heterocycles. The lowest BCUT2D eigenvalue weighted by Gasteiger charge is -2.10. The highest BCUT2D eigenvalue weighted by Gasteiger charge is 2.29. The van der Waals surface area contributed by atoms with Crippen LogP contribution in [0, 0.1) is 0 Å². The summed E-state index contributed by atoms with van der Waals surface area (Å²) in [5, 5.41) is 0. The molecule has 1 aromatic heterocycles. The molecule has 1 saturated carbocycles. The van der Waals surface area contributed by atoms with E-state index in [-0.39, 0.29) is 11.6 Å². The number of rotatable bonds is 3. The normalized spacial score (nSPS) is 22.2. The van der Waals surface area contributed by atoms with Crippen LogP contribution in [-0.2, 0) is 9.53 Å². The van der Waals surface area contributed by atoms with E-state index in [0.29, 0.717) is 24.8 Å². The zero-order chi connectivity index (χ0) is 13.2. The van der Waals surface area contributed by atoms with Crippen molar-refractivity contribution in [1.29, 1.82) is 0 Å². The van der Waals surface area contributed by atoms with Gasteiger partial charge >= 0.3 is 0 Å². The number of oxazole rings is 1. The van der Waals surface area contributed by atoms with Crippen molar-refractivity contribution in [3.63, 3.8) is 0 Å². The average molecular weight is 265 g/mol. The Labute approximate surface area is 109 Å². The molecule has 7 nitrogen and oxygen atoms in total. The van der Waals surface area contributed by atoms with E-state index < -0.39 is 12.0 Å². The quantitative estimate of drug-likeness (QED) is 0.776. The molecule has 0 bridgehead atoms. The Kier molecular flexibility index (Phi) is 3.20. The molecule has 7 heteroatoms. The van der Waals surface area contributed by atoms with E-state index in [4.69, 9.17) is 9.15 Å². The van der Waals surface area contributed by atoms with Crippen molar-refractivity contribution >= 4 is 11.8 Å². The summed E-state index contributed by atoms with van der Waals surface area (Å²) in [5.74, 6) is 0.123. The summed E-state index contributed by atoms with van der Waals surface area (Å²) in [4.78, 5) is 27.4. The number of carbonyl (C=O) groups is 2. The molecule has 2 amide bonds. The molecule has 1 aliphatic carbocycles. The molecule has 1 saturated heterocycles. The Morgan fingerprint density at radius 2 is 2.11 bits per heavy atom. The first-order valence-electron chi connectivity index (χ1n) is 6.41. The van der Waals surface area contributed by atoms with Gasteiger partial charge in [-0.1, -0.05) is 0 Å². The molecule has 19 heavy (non-hydrogen) atoms. The Hall–Kier alpha value is -1.89. The van der Waals surface area contributed by atoms with Gasteiger partial charge in [-0.3, -0.25) is 20.4 Å². The number of nitrogens with zero attached hydrogens (tertiary/aromatic N) is 1. The van der Waals surface area contributed by atoms with E-state index in [1.54, 1.807) is 0 Å². The van der Waals surface area contributed by atoms with Gasteiger partial charge in [-0.2, -0.15) is 0 Å². The lowest BCUT2D eigenvalue weighted by Crippen LogP contribution is -2.46. The molecule has 0 aromatic carbocycles. The number of carbonyl (C=O) groups excluding carboxylic acids is 2. The minimum Gasteiger partial charge on any atom is -0.448 e. The lowest BCUT2D eigenvalue weighted by molar-refractivity contribution is -0.130. The molecule has 1 atom stereocenters. The number of hydrazine groups is 1. The van der Waals surface area contributed by atoms with Gasteiger partial charge < -0.3 is 9.15 Å². The van der Waals surface area contributed by atoms with Crippen LogP contribution in [0.4, 0.5) is 0 Å². The molecule has 0 radical (unpaired) electrons. The zero-order valence-corrected chi connectivity index (χ0v) is 10.3. The van der Waals surface area contributed by atoms with Gasteiger partial charge in [0.05, 0.1) is 0 Å². The summed E-state index contributed by atoms with van der Waals surface area (Å²) in [6.07, 6.45) is 4.48. The second kappa shape index (κ2) is 5.00. The highest BCUT2D eigenvalue weighted by molar-refractivity contribution is 5.93. The Morgan fingerprint density at radius 3 is 2.79 bits per heavy atom. The second-order valence-corrected chi connectivity index (χ2v) is 4.79. The van der Waals surface area contributed by atoms with Crippen molar-refractivity contribution < 1.29 is 18.7 Å². The van der Waals surface area contributed by atoms with E-state index >= 15 is 0 Å². The monoisotopic (exact) mass is 265 g/mol. The van der Waals surface area contributed by atoms with E-state index in [0.717, 1.165) is 19.3 Å². The summed E-state index contributed by atoms with van der Waals surface area (Å²) >= 11 is 0. The van der Waals surface area contributed by atoms with Gasteiger partial charge in [0.2, 0.25) is 0 Å². The third kappa shape index (κ3) is 2.76. The molecule has 1 aliphatic heterocycles. The van der Waals surface area contributed by atoms with Crippen molar-refractivity contribution in [2.24, 2.45) is 0 Å². The largest absolute Gasteiger partial charge is 0.448 e. The number of amides is 2. The maximum absolute atomic E-state index is 11.7. The Morgan fingerprint density at radius 1 is 1.26 bits per heavy atom. The van der Waals surface area contributed by atoms with Crippen LogP contribution in [-0.4, -0.2) is 29.5 Å². The number of aromatic nitrogens is 1. The molecule has 0 unspecified atom stereocenters. The standard InChI is InChI=1S/C12H15N3O4/c16-10(8-6-19-12(13-8)7-3-4-7)14-15-11(17)9-2-1-5-18-9/h6-7,9H,1-5H2,(H,14,16)(H,15,17)/t9-/m1/s1. The number of hydrogen-bond donors (Lipinski definition) is 2. The summed E-state index contributed by atoms with van der Waals surface area (Å²) in [7, 11) is 0. The van der Waals surface area contributed by atoms with Gasteiger partial charge in [0.15, 0.2) is 11.6 Å². The van der Waals surface area contributed by atoms with Crippen LogP contribution in [0.5, 0.6) is 0 Å². The fourth-order valence-electron chi connectivity index (χ4n) is 1.96. The van der Waals surface area contributed by atoms with Gasteiger partial charge in [-0.25, -0.2) is 4.98 Å². The zero-order valence-electron chi connectivity index (χ0n) is 10.3. The van der Waals surface area contributed by atoms with Crippen LogP contribution in [0.1, 0.15) is 48.0 Å². The van der Waals surface area contributed by atoms with Crippen molar-refractivity contribution in [1.82, 2.24) is 15.8 Å². The predicted octanol–water partition coefficient (Wildman–Crippen LogP) is 0.492. The van der Waals surface area contributed by atoms with Crippen LogP contribution in [0.2, 0.25) is 0 Å². The number of nitrogens with one attached hydrogen (secondary N) is 2. The summed E-state index contributed by atoms with van der Waals surface area (Å²) in [6.45, 7) is 0.583. The van der Waals surface area contributed by atoms with E-state index in [1.807, 2.05) is 0 Å². The van der Waals surface area contributed by atoms with E-state index in [2.05, 4.69) is 15.8 Å². The molecular formula is C12H15N3O4. The third-order valence-electron chi connectivity index (χ3n) is 3.20. The summed E-state index contributed by atoms with van der Waals surface area (Å²) in [6, 6.07) is 0. The molecule has 3 rings (SSSR count). The minimum atomic E-state index is -0.484. The van der Waals surface area contributed by atoms with Crippen molar-refractivity contribution in [3.05, 3.63) is 17.8 Å². The average Bonchev–Trinajstić information content (AvgIpc) is 2.96. The van der Waals surface area contributed by atoms with Crippen LogP contribution < -0.4 is 10.9 Å². The van der Waals surface area contributed by atoms with Gasteiger partial charge in [-0.15, -0.1) is 0 Å². The maximum Gasteiger partial charge on any atom is 0.291 e. The molecule has 0 spiro atoms. The van der Waals surface area contributed by atoms with Crippen molar-refractivity contribution in [2.45, 2.75) is 37.7 Å². The molecule has 102 valence electrons. The van der Waals surface area contributed by atoms with E-state index in [9.17, 15) is 9.59 Å². The summed E-state index contributed by atoms with van der Waals surface area (Å²) in [5.41, 5.74) is 4.81. The molecular weight excluding hydrogens is 250 g/mol. The van der Waals surface area contributed by atoms with Crippen LogP contribution in [0.3, 0.4) is 0 Å². The minimum absolute atomic E-state index is 0.176.